The van der Waals surface area contributed by atoms with E-state index in [4.69, 9.17) is 24.2 Å². The minimum Gasteiger partial charge on any atom is -0.476 e. The number of esters is 1. The standard InChI is InChI=1S/C28H34N8O4S/c1-5-39-27(37)20-16-30-28(31-17-20)35(4)18-21-14-22-24(41-21)26(36-9-11-38-12-10-36)33-25(32-22)19-6-7-23(29-15-19)40-13-8-34(2)3/h6-7,14-17H,5,8-13,18H2,1-4H3. The summed E-state index contributed by atoms with van der Waals surface area (Å²) in [5.41, 5.74) is 2.02. The third kappa shape index (κ3) is 7.04. The van der Waals surface area contributed by atoms with Crippen LogP contribution in [0.15, 0.2) is 36.8 Å². The molecule has 0 N–H and O–H groups in total. The first-order valence-corrected chi connectivity index (χ1v) is 14.3. The molecule has 0 bridgehead atoms. The van der Waals surface area contributed by atoms with Crippen molar-refractivity contribution in [1.82, 2.24) is 29.8 Å². The van der Waals surface area contributed by atoms with Gasteiger partial charge in [-0.05, 0) is 33.2 Å². The van der Waals surface area contributed by atoms with Crippen molar-refractivity contribution in [1.29, 1.82) is 0 Å². The fourth-order valence-electron chi connectivity index (χ4n) is 4.23. The molecule has 0 atom stereocenters. The summed E-state index contributed by atoms with van der Waals surface area (Å²) in [5.74, 6) is 2.16. The SMILES string of the molecule is CCOC(=O)c1cnc(N(C)Cc2cc3nc(-c4ccc(OCCN(C)C)nc4)nc(N4CCOCC4)c3s2)nc1. The van der Waals surface area contributed by atoms with E-state index in [1.165, 1.54) is 12.4 Å². The van der Waals surface area contributed by atoms with Crippen LogP contribution in [-0.4, -0.2) is 103 Å². The fourth-order valence-corrected chi connectivity index (χ4v) is 5.40. The van der Waals surface area contributed by atoms with Crippen LogP contribution in [0, 0.1) is 0 Å². The molecule has 0 saturated carbocycles. The molecule has 0 aromatic carbocycles. The van der Waals surface area contributed by atoms with Gasteiger partial charge in [-0.2, -0.15) is 0 Å². The molecule has 1 saturated heterocycles. The molecule has 1 aliphatic rings. The minimum atomic E-state index is -0.432. The average Bonchev–Trinajstić information content (AvgIpc) is 3.40. The van der Waals surface area contributed by atoms with Gasteiger partial charge < -0.3 is 28.9 Å². The number of carbonyl (C=O) groups is 1. The number of rotatable bonds is 11. The van der Waals surface area contributed by atoms with Gasteiger partial charge in [0.25, 0.3) is 0 Å². The lowest BCUT2D eigenvalue weighted by atomic mass is 10.2. The molecule has 0 amide bonds. The molecule has 1 aliphatic heterocycles. The zero-order valence-corrected chi connectivity index (χ0v) is 24.6. The summed E-state index contributed by atoms with van der Waals surface area (Å²) in [5, 5.41) is 0. The van der Waals surface area contributed by atoms with Crippen LogP contribution in [-0.2, 0) is 16.0 Å². The van der Waals surface area contributed by atoms with Crippen LogP contribution in [0.1, 0.15) is 22.2 Å². The van der Waals surface area contributed by atoms with Crippen molar-refractivity contribution in [3.63, 3.8) is 0 Å². The minimum absolute atomic E-state index is 0.302. The van der Waals surface area contributed by atoms with Crippen LogP contribution in [0.4, 0.5) is 11.8 Å². The third-order valence-corrected chi connectivity index (χ3v) is 7.49. The van der Waals surface area contributed by atoms with E-state index < -0.39 is 5.97 Å². The number of hydrogen-bond acceptors (Lipinski definition) is 13. The summed E-state index contributed by atoms with van der Waals surface area (Å²) in [7, 11) is 5.93. The topological polar surface area (TPSA) is 119 Å². The Morgan fingerprint density at radius 3 is 2.54 bits per heavy atom. The smallest absolute Gasteiger partial charge is 0.341 e. The molecule has 0 aliphatic carbocycles. The Hall–Kier alpha value is -3.94. The third-order valence-electron chi connectivity index (χ3n) is 6.38. The lowest BCUT2D eigenvalue weighted by molar-refractivity contribution is 0.0525. The Balaban J connectivity index is 1.39. The van der Waals surface area contributed by atoms with Crippen molar-refractivity contribution < 1.29 is 19.0 Å². The van der Waals surface area contributed by atoms with E-state index in [1.807, 2.05) is 38.2 Å². The van der Waals surface area contributed by atoms with Crippen molar-refractivity contribution in [2.45, 2.75) is 13.5 Å². The van der Waals surface area contributed by atoms with E-state index >= 15 is 0 Å². The van der Waals surface area contributed by atoms with Crippen molar-refractivity contribution in [2.24, 2.45) is 0 Å². The van der Waals surface area contributed by atoms with Crippen LogP contribution < -0.4 is 14.5 Å². The second kappa shape index (κ2) is 13.1. The maximum Gasteiger partial charge on any atom is 0.341 e. The molecule has 216 valence electrons. The largest absolute Gasteiger partial charge is 0.476 e. The summed E-state index contributed by atoms with van der Waals surface area (Å²) in [6, 6.07) is 5.89. The molecule has 4 aromatic heterocycles. The Kier molecular flexibility index (Phi) is 9.17. The molecule has 1 fully saturated rings. The van der Waals surface area contributed by atoms with Gasteiger partial charge in [0.05, 0.1) is 42.1 Å². The quantitative estimate of drug-likeness (QED) is 0.243. The van der Waals surface area contributed by atoms with Gasteiger partial charge in [-0.15, -0.1) is 11.3 Å². The van der Waals surface area contributed by atoms with Crippen LogP contribution in [0.25, 0.3) is 21.6 Å². The van der Waals surface area contributed by atoms with Crippen LogP contribution in [0.5, 0.6) is 5.88 Å². The first kappa shape index (κ1) is 28.6. The molecule has 5 rings (SSSR count). The van der Waals surface area contributed by atoms with Crippen LogP contribution in [0.3, 0.4) is 0 Å². The highest BCUT2D eigenvalue weighted by Gasteiger charge is 2.21. The number of aromatic nitrogens is 5. The van der Waals surface area contributed by atoms with Gasteiger partial charge in [0.1, 0.15) is 6.61 Å². The monoisotopic (exact) mass is 578 g/mol. The Morgan fingerprint density at radius 1 is 1.07 bits per heavy atom. The number of fused-ring (bicyclic) bond motifs is 1. The van der Waals surface area contributed by atoms with Crippen LogP contribution >= 0.6 is 11.3 Å². The van der Waals surface area contributed by atoms with Gasteiger partial charge in [-0.3, -0.25) is 0 Å². The number of thiophene rings is 1. The zero-order chi connectivity index (χ0) is 28.8. The molecule has 5 heterocycles. The zero-order valence-electron chi connectivity index (χ0n) is 23.7. The van der Waals surface area contributed by atoms with Crippen molar-refractivity contribution in [2.75, 3.05) is 77.0 Å². The highest BCUT2D eigenvalue weighted by molar-refractivity contribution is 7.19. The molecule has 0 unspecified atom stereocenters. The van der Waals surface area contributed by atoms with Crippen LogP contribution in [0.2, 0.25) is 0 Å². The molecule has 12 nitrogen and oxygen atoms in total. The maximum absolute atomic E-state index is 11.9. The Morgan fingerprint density at radius 2 is 1.85 bits per heavy atom. The number of anilines is 2. The number of likely N-dealkylation sites (N-methyl/N-ethyl adjacent to an activating group) is 1. The number of morpholine rings is 1. The Labute approximate surface area is 242 Å². The Bertz CT molecular complexity index is 1460. The molecule has 13 heteroatoms. The molecule has 0 radical (unpaired) electrons. The van der Waals surface area contributed by atoms with Gasteiger partial charge >= 0.3 is 5.97 Å². The van der Waals surface area contributed by atoms with E-state index in [-0.39, 0.29) is 0 Å². The second-order valence-electron chi connectivity index (χ2n) is 9.78. The summed E-state index contributed by atoms with van der Waals surface area (Å²) in [4.78, 5) is 42.4. The first-order chi connectivity index (χ1) is 19.9. The molecular formula is C28H34N8O4S. The van der Waals surface area contributed by atoms with E-state index in [0.717, 1.165) is 46.1 Å². The number of ether oxygens (including phenoxy) is 3. The predicted octanol–water partition coefficient (Wildman–Crippen LogP) is 3.13. The van der Waals surface area contributed by atoms with Gasteiger partial charge in [-0.25, -0.2) is 29.7 Å². The number of carbonyl (C=O) groups excluding carboxylic acids is 1. The van der Waals surface area contributed by atoms with E-state index in [2.05, 4.69) is 30.8 Å². The number of nitrogens with zero attached hydrogens (tertiary/aromatic N) is 8. The average molecular weight is 579 g/mol. The summed E-state index contributed by atoms with van der Waals surface area (Å²) < 4.78 is 17.4. The predicted molar refractivity (Wildman–Crippen MR) is 158 cm³/mol. The van der Waals surface area contributed by atoms with E-state index in [0.29, 0.717) is 56.2 Å². The second-order valence-corrected chi connectivity index (χ2v) is 10.9. The molecule has 4 aromatic rings. The summed E-state index contributed by atoms with van der Waals surface area (Å²) >= 11 is 1.65. The lowest BCUT2D eigenvalue weighted by Crippen LogP contribution is -2.36. The lowest BCUT2D eigenvalue weighted by Gasteiger charge is -2.28. The van der Waals surface area contributed by atoms with Crippen molar-refractivity contribution in [3.8, 4) is 17.3 Å². The highest BCUT2D eigenvalue weighted by Crippen LogP contribution is 2.35. The van der Waals surface area contributed by atoms with Gasteiger partial charge in [0.15, 0.2) is 11.6 Å². The molecule has 41 heavy (non-hydrogen) atoms. The van der Waals surface area contributed by atoms with E-state index in [1.54, 1.807) is 24.5 Å². The van der Waals surface area contributed by atoms with Gasteiger partial charge in [-0.1, -0.05) is 0 Å². The first-order valence-electron chi connectivity index (χ1n) is 13.5. The molecular weight excluding hydrogens is 544 g/mol. The highest BCUT2D eigenvalue weighted by atomic mass is 32.1. The van der Waals surface area contributed by atoms with E-state index in [9.17, 15) is 4.79 Å². The molecule has 0 spiro atoms. The number of hydrogen-bond donors (Lipinski definition) is 0. The van der Waals surface area contributed by atoms with Crippen molar-refractivity contribution in [3.05, 3.63) is 47.2 Å². The summed E-state index contributed by atoms with van der Waals surface area (Å²) in [6.07, 6.45) is 4.73. The van der Waals surface area contributed by atoms with Gasteiger partial charge in [0, 0.05) is 61.8 Å². The van der Waals surface area contributed by atoms with Gasteiger partial charge in [0.2, 0.25) is 11.8 Å². The number of pyridine rings is 1. The fraction of sp³-hybridized carbons (Fsp3) is 0.429. The maximum atomic E-state index is 11.9. The summed E-state index contributed by atoms with van der Waals surface area (Å²) in [6.45, 7) is 6.84. The normalized spacial score (nSPS) is 13.5. The van der Waals surface area contributed by atoms with Crippen molar-refractivity contribution >= 4 is 39.3 Å².